The van der Waals surface area contributed by atoms with E-state index in [-0.39, 0.29) is 0 Å². The third-order valence-corrected chi connectivity index (χ3v) is 4.44. The van der Waals surface area contributed by atoms with Crippen molar-refractivity contribution in [1.82, 2.24) is 5.43 Å². The van der Waals surface area contributed by atoms with Crippen molar-refractivity contribution < 1.29 is 4.74 Å². The third-order valence-electron chi connectivity index (χ3n) is 4.44. The summed E-state index contributed by atoms with van der Waals surface area (Å²) >= 11 is 0. The molecule has 2 aromatic rings. The van der Waals surface area contributed by atoms with E-state index in [2.05, 4.69) is 72.1 Å². The molecule has 0 aliphatic carbocycles. The lowest BCUT2D eigenvalue weighted by Gasteiger charge is -2.24. The molecule has 0 spiro atoms. The van der Waals surface area contributed by atoms with Gasteiger partial charge < -0.3 is 9.64 Å². The zero-order valence-corrected chi connectivity index (χ0v) is 13.3. The van der Waals surface area contributed by atoms with Gasteiger partial charge in [0.15, 0.2) is 0 Å². The summed E-state index contributed by atoms with van der Waals surface area (Å²) in [4.78, 5) is 2.19. The molecule has 4 rings (SSSR count). The lowest BCUT2D eigenvalue weighted by molar-refractivity contribution is 0.288. The van der Waals surface area contributed by atoms with E-state index in [1.807, 2.05) is 5.01 Å². The minimum atomic E-state index is 0.825. The highest BCUT2D eigenvalue weighted by atomic mass is 16.5. The molecule has 2 aliphatic rings. The number of hydrazine groups is 1. The number of nitrogens with one attached hydrogen (secondary N) is 1. The van der Waals surface area contributed by atoms with Gasteiger partial charge in [-0.15, -0.1) is 0 Å². The average Bonchev–Trinajstić information content (AvgIpc) is 3.15. The molecule has 0 amide bonds. The summed E-state index contributed by atoms with van der Waals surface area (Å²) in [7, 11) is 2.09. The van der Waals surface area contributed by atoms with Gasteiger partial charge in [0.2, 0.25) is 0 Å². The third kappa shape index (κ3) is 2.78. The summed E-state index contributed by atoms with van der Waals surface area (Å²) in [5, 5.41) is 2.04. The first-order chi connectivity index (χ1) is 11.3. The Morgan fingerprint density at radius 1 is 1.09 bits per heavy atom. The van der Waals surface area contributed by atoms with Crippen LogP contribution in [0, 0.1) is 0 Å². The van der Waals surface area contributed by atoms with Crippen molar-refractivity contribution in [2.45, 2.75) is 12.8 Å². The first-order valence-corrected chi connectivity index (χ1v) is 8.10. The van der Waals surface area contributed by atoms with Gasteiger partial charge in [-0.2, -0.15) is 0 Å². The molecule has 0 fully saturated rings. The standard InChI is InChI=1S/C19H21N3O/c1-21(18-6-5-15-4-2-13-23-19(15)14-18)16-7-9-17(10-8-16)22-12-3-11-20-22/h3,5-10,12,14,20H,2,4,11,13H2,1H3. The highest BCUT2D eigenvalue weighted by Gasteiger charge is 2.13. The zero-order valence-electron chi connectivity index (χ0n) is 13.3. The van der Waals surface area contributed by atoms with Crippen LogP contribution >= 0.6 is 0 Å². The van der Waals surface area contributed by atoms with Crippen molar-refractivity contribution in [2.24, 2.45) is 0 Å². The van der Waals surface area contributed by atoms with Crippen LogP contribution in [0.15, 0.2) is 54.7 Å². The van der Waals surface area contributed by atoms with Gasteiger partial charge in [0.1, 0.15) is 5.75 Å². The largest absolute Gasteiger partial charge is 0.493 e. The first kappa shape index (κ1) is 14.2. The van der Waals surface area contributed by atoms with Gasteiger partial charge in [-0.25, -0.2) is 5.43 Å². The second-order valence-corrected chi connectivity index (χ2v) is 5.94. The van der Waals surface area contributed by atoms with Crippen molar-refractivity contribution >= 4 is 17.1 Å². The predicted molar refractivity (Wildman–Crippen MR) is 94.4 cm³/mol. The molecule has 0 saturated carbocycles. The van der Waals surface area contributed by atoms with Crippen LogP contribution in [0.4, 0.5) is 17.1 Å². The van der Waals surface area contributed by atoms with Crippen LogP contribution in [0.1, 0.15) is 12.0 Å². The molecule has 0 radical (unpaired) electrons. The van der Waals surface area contributed by atoms with E-state index in [1.165, 1.54) is 5.56 Å². The summed E-state index contributed by atoms with van der Waals surface area (Å²) < 4.78 is 5.79. The van der Waals surface area contributed by atoms with E-state index in [9.17, 15) is 0 Å². The molecule has 2 aliphatic heterocycles. The fraction of sp³-hybridized carbons (Fsp3) is 0.263. The number of aryl methyl sites for hydroxylation is 1. The van der Waals surface area contributed by atoms with Crippen molar-refractivity contribution in [2.75, 3.05) is 30.1 Å². The van der Waals surface area contributed by atoms with Gasteiger partial charge in [0.25, 0.3) is 0 Å². The number of ether oxygens (including phenoxy) is 1. The number of hydrogen-bond donors (Lipinski definition) is 1. The molecule has 0 bridgehead atoms. The van der Waals surface area contributed by atoms with Crippen LogP contribution in [0.25, 0.3) is 0 Å². The lowest BCUT2D eigenvalue weighted by Crippen LogP contribution is -2.28. The second kappa shape index (κ2) is 5.97. The topological polar surface area (TPSA) is 27.7 Å². The number of nitrogens with zero attached hydrogens (tertiary/aromatic N) is 2. The summed E-state index contributed by atoms with van der Waals surface area (Å²) in [6, 6.07) is 15.0. The minimum absolute atomic E-state index is 0.825. The van der Waals surface area contributed by atoms with E-state index in [0.29, 0.717) is 0 Å². The van der Waals surface area contributed by atoms with Crippen LogP contribution in [-0.2, 0) is 6.42 Å². The van der Waals surface area contributed by atoms with Gasteiger partial charge in [0.05, 0.1) is 12.3 Å². The van der Waals surface area contributed by atoms with Crippen molar-refractivity contribution in [3.8, 4) is 5.75 Å². The molecule has 2 heterocycles. The maximum Gasteiger partial charge on any atom is 0.124 e. The Morgan fingerprint density at radius 3 is 2.70 bits per heavy atom. The molecule has 0 saturated heterocycles. The number of anilines is 3. The van der Waals surface area contributed by atoms with Gasteiger partial charge >= 0.3 is 0 Å². The van der Waals surface area contributed by atoms with Gasteiger partial charge in [-0.3, -0.25) is 5.01 Å². The normalized spacial score (nSPS) is 16.1. The molecule has 2 aromatic carbocycles. The highest BCUT2D eigenvalue weighted by molar-refractivity contribution is 5.67. The molecule has 0 unspecified atom stereocenters. The number of benzene rings is 2. The molecule has 118 valence electrons. The van der Waals surface area contributed by atoms with Gasteiger partial charge in [-0.1, -0.05) is 12.1 Å². The molecular formula is C19H21N3O. The maximum atomic E-state index is 5.79. The number of hydrogen-bond acceptors (Lipinski definition) is 4. The van der Waals surface area contributed by atoms with Crippen LogP contribution in [0.2, 0.25) is 0 Å². The zero-order chi connectivity index (χ0) is 15.6. The van der Waals surface area contributed by atoms with Crippen LogP contribution in [-0.4, -0.2) is 20.2 Å². The Labute approximate surface area is 136 Å². The van der Waals surface area contributed by atoms with Crippen molar-refractivity contribution in [3.05, 3.63) is 60.3 Å². The Morgan fingerprint density at radius 2 is 1.91 bits per heavy atom. The van der Waals surface area contributed by atoms with E-state index in [4.69, 9.17) is 4.74 Å². The fourth-order valence-electron chi connectivity index (χ4n) is 3.06. The minimum Gasteiger partial charge on any atom is -0.493 e. The Hall–Kier alpha value is -2.46. The molecule has 4 heteroatoms. The van der Waals surface area contributed by atoms with E-state index in [0.717, 1.165) is 48.8 Å². The maximum absolute atomic E-state index is 5.79. The molecule has 23 heavy (non-hydrogen) atoms. The Balaban J connectivity index is 1.56. The highest BCUT2D eigenvalue weighted by Crippen LogP contribution is 2.32. The molecular weight excluding hydrogens is 286 g/mol. The number of fused-ring (bicyclic) bond motifs is 1. The molecule has 0 aromatic heterocycles. The van der Waals surface area contributed by atoms with E-state index in [1.54, 1.807) is 0 Å². The van der Waals surface area contributed by atoms with Gasteiger partial charge in [-0.05, 0) is 48.7 Å². The van der Waals surface area contributed by atoms with Crippen LogP contribution in [0.3, 0.4) is 0 Å². The Kier molecular flexibility index (Phi) is 3.67. The van der Waals surface area contributed by atoms with Crippen molar-refractivity contribution in [3.63, 3.8) is 0 Å². The first-order valence-electron chi connectivity index (χ1n) is 8.10. The summed E-state index contributed by atoms with van der Waals surface area (Å²) in [5.74, 6) is 1.03. The predicted octanol–water partition coefficient (Wildman–Crippen LogP) is 3.62. The average molecular weight is 307 g/mol. The molecule has 1 N–H and O–H groups in total. The molecule has 0 atom stereocenters. The summed E-state index contributed by atoms with van der Waals surface area (Å²) in [6.45, 7) is 1.71. The SMILES string of the molecule is CN(c1ccc(N2C=CCN2)cc1)c1ccc2c(c1)OCCC2. The Bertz CT molecular complexity index is 724. The second-order valence-electron chi connectivity index (χ2n) is 5.94. The van der Waals surface area contributed by atoms with Crippen LogP contribution < -0.4 is 20.1 Å². The smallest absolute Gasteiger partial charge is 0.124 e. The van der Waals surface area contributed by atoms with Crippen LogP contribution in [0.5, 0.6) is 5.75 Å². The van der Waals surface area contributed by atoms with E-state index < -0.39 is 0 Å². The van der Waals surface area contributed by atoms with Crippen molar-refractivity contribution in [1.29, 1.82) is 0 Å². The monoisotopic (exact) mass is 307 g/mol. The fourth-order valence-corrected chi connectivity index (χ4v) is 3.06. The lowest BCUT2D eigenvalue weighted by atomic mass is 10.1. The summed E-state index contributed by atoms with van der Waals surface area (Å²) in [6.07, 6.45) is 6.39. The van der Waals surface area contributed by atoms with E-state index >= 15 is 0 Å². The molecule has 4 nitrogen and oxygen atoms in total. The van der Waals surface area contributed by atoms with Gasteiger partial charge in [0, 0.05) is 37.2 Å². The number of rotatable bonds is 3. The summed E-state index contributed by atoms with van der Waals surface area (Å²) in [5.41, 5.74) is 8.05. The quantitative estimate of drug-likeness (QED) is 0.937.